The van der Waals surface area contributed by atoms with E-state index in [2.05, 4.69) is 37.1 Å². The Hall–Kier alpha value is -0.810. The summed E-state index contributed by atoms with van der Waals surface area (Å²) in [7, 11) is -3.67. The van der Waals surface area contributed by atoms with Crippen LogP contribution < -0.4 is 0 Å². The molecule has 0 fully saturated rings. The summed E-state index contributed by atoms with van der Waals surface area (Å²) in [6.07, 6.45) is 7.11. The highest BCUT2D eigenvalue weighted by Crippen LogP contribution is 2.04. The van der Waals surface area contributed by atoms with Crippen LogP contribution in [0.3, 0.4) is 0 Å². The van der Waals surface area contributed by atoms with Crippen LogP contribution in [-0.2, 0) is 10.1 Å². The Balaban J connectivity index is 0.000000292. The van der Waals surface area contributed by atoms with E-state index in [4.69, 9.17) is 4.55 Å². The number of rotatable bonds is 1. The van der Waals surface area contributed by atoms with Gasteiger partial charge in [0.15, 0.2) is 0 Å². The molecule has 0 aromatic heterocycles. The summed E-state index contributed by atoms with van der Waals surface area (Å²) in [6, 6.07) is 0. The fraction of sp³-hybridized carbons (Fsp3) is 0.556. The second kappa shape index (κ2) is 5.82. The predicted octanol–water partition coefficient (Wildman–Crippen LogP) is 1.29. The van der Waals surface area contributed by atoms with Gasteiger partial charge in [0.05, 0.1) is 6.26 Å². The first-order chi connectivity index (χ1) is 6.33. The Bertz CT molecular complexity index is 309. The summed E-state index contributed by atoms with van der Waals surface area (Å²) in [5.74, 6) is 0. The average molecular weight is 219 g/mol. The van der Waals surface area contributed by atoms with E-state index < -0.39 is 10.1 Å². The van der Waals surface area contributed by atoms with Crippen molar-refractivity contribution in [3.63, 3.8) is 0 Å². The number of nitrogens with zero attached hydrogens (tertiary/aromatic N) is 1. The van der Waals surface area contributed by atoms with E-state index in [1.165, 1.54) is 5.57 Å². The second-order valence-corrected chi connectivity index (χ2v) is 4.62. The van der Waals surface area contributed by atoms with Gasteiger partial charge in [0.25, 0.3) is 10.1 Å². The van der Waals surface area contributed by atoms with Gasteiger partial charge in [0, 0.05) is 13.1 Å². The number of allylic oxidation sites excluding steroid dienone is 2. The molecule has 1 aliphatic heterocycles. The average Bonchev–Trinajstić information content (AvgIpc) is 2.01. The lowest BCUT2D eigenvalue weighted by molar-refractivity contribution is 0.425. The van der Waals surface area contributed by atoms with Crippen LogP contribution in [0.1, 0.15) is 13.8 Å². The lowest BCUT2D eigenvalue weighted by Gasteiger charge is -2.20. The molecule has 1 heterocycles. The number of likely N-dealkylation sites (N-methyl/N-ethyl adjacent to an activating group) is 1. The van der Waals surface area contributed by atoms with Gasteiger partial charge in [0.2, 0.25) is 0 Å². The summed E-state index contributed by atoms with van der Waals surface area (Å²) in [4.78, 5) is 2.29. The Morgan fingerprint density at radius 2 is 2.07 bits per heavy atom. The van der Waals surface area contributed by atoms with Crippen molar-refractivity contribution in [3.8, 4) is 0 Å². The standard InChI is InChI=1S/C8H13N.CH4O3S/c1-3-9-6-4-5-8(2)7-9;1-5(2,3)4/h4-6H,3,7H2,1-2H3;1H3,(H,2,3,4). The minimum Gasteiger partial charge on any atom is -0.374 e. The van der Waals surface area contributed by atoms with Crippen molar-refractivity contribution in [2.45, 2.75) is 13.8 Å². The third-order valence-electron chi connectivity index (χ3n) is 1.54. The van der Waals surface area contributed by atoms with Gasteiger partial charge < -0.3 is 4.90 Å². The zero-order valence-electron chi connectivity index (χ0n) is 8.77. The summed E-state index contributed by atoms with van der Waals surface area (Å²) in [5.41, 5.74) is 1.44. The predicted molar refractivity (Wildman–Crippen MR) is 57.6 cm³/mol. The number of hydrogen-bond acceptors (Lipinski definition) is 3. The lowest BCUT2D eigenvalue weighted by Crippen LogP contribution is -2.20. The van der Waals surface area contributed by atoms with E-state index in [0.717, 1.165) is 13.1 Å². The van der Waals surface area contributed by atoms with Crippen LogP contribution in [0.2, 0.25) is 0 Å². The molecule has 4 nitrogen and oxygen atoms in total. The smallest absolute Gasteiger partial charge is 0.261 e. The van der Waals surface area contributed by atoms with Crippen LogP contribution in [0, 0.1) is 0 Å². The molecule has 82 valence electrons. The van der Waals surface area contributed by atoms with E-state index in [0.29, 0.717) is 6.26 Å². The van der Waals surface area contributed by atoms with Gasteiger partial charge >= 0.3 is 0 Å². The van der Waals surface area contributed by atoms with Crippen molar-refractivity contribution < 1.29 is 13.0 Å². The molecule has 0 atom stereocenters. The second-order valence-electron chi connectivity index (χ2n) is 3.15. The SMILES string of the molecule is CCN1C=CC=C(C)C1.CS(=O)(=O)O. The highest BCUT2D eigenvalue weighted by atomic mass is 32.2. The molecule has 0 aromatic carbocycles. The topological polar surface area (TPSA) is 57.6 Å². The molecule has 0 saturated carbocycles. The van der Waals surface area contributed by atoms with E-state index in [-0.39, 0.29) is 0 Å². The van der Waals surface area contributed by atoms with Gasteiger partial charge in [-0.05, 0) is 26.1 Å². The minimum atomic E-state index is -3.67. The summed E-state index contributed by atoms with van der Waals surface area (Å²) >= 11 is 0. The van der Waals surface area contributed by atoms with Gasteiger partial charge in [-0.3, -0.25) is 4.55 Å². The van der Waals surface area contributed by atoms with Crippen LogP contribution in [0.25, 0.3) is 0 Å². The van der Waals surface area contributed by atoms with Crippen LogP contribution in [0.5, 0.6) is 0 Å². The first-order valence-corrected chi connectivity index (χ1v) is 6.18. The van der Waals surface area contributed by atoms with Crippen molar-refractivity contribution in [2.24, 2.45) is 0 Å². The molecule has 0 unspecified atom stereocenters. The summed E-state index contributed by atoms with van der Waals surface area (Å²) < 4.78 is 25.9. The zero-order chi connectivity index (χ0) is 11.2. The van der Waals surface area contributed by atoms with Gasteiger partial charge in [-0.1, -0.05) is 11.6 Å². The lowest BCUT2D eigenvalue weighted by atomic mass is 10.2. The zero-order valence-corrected chi connectivity index (χ0v) is 9.58. The highest BCUT2D eigenvalue weighted by molar-refractivity contribution is 7.85. The van der Waals surface area contributed by atoms with Gasteiger partial charge in [0.1, 0.15) is 0 Å². The first kappa shape index (κ1) is 13.2. The maximum absolute atomic E-state index is 9.19. The Morgan fingerprint density at radius 3 is 2.36 bits per heavy atom. The molecule has 0 spiro atoms. The molecule has 14 heavy (non-hydrogen) atoms. The molecular weight excluding hydrogens is 202 g/mol. The third-order valence-corrected chi connectivity index (χ3v) is 1.54. The maximum atomic E-state index is 9.19. The van der Waals surface area contributed by atoms with E-state index >= 15 is 0 Å². The summed E-state index contributed by atoms with van der Waals surface area (Å²) in [6.45, 7) is 6.55. The molecule has 0 radical (unpaired) electrons. The van der Waals surface area contributed by atoms with Gasteiger partial charge in [-0.15, -0.1) is 0 Å². The summed E-state index contributed by atoms with van der Waals surface area (Å²) in [5, 5.41) is 0. The largest absolute Gasteiger partial charge is 0.374 e. The van der Waals surface area contributed by atoms with Crippen molar-refractivity contribution >= 4 is 10.1 Å². The van der Waals surface area contributed by atoms with E-state index in [9.17, 15) is 8.42 Å². The molecule has 1 rings (SSSR count). The number of hydrogen-bond donors (Lipinski definition) is 1. The van der Waals surface area contributed by atoms with Crippen LogP contribution in [0.4, 0.5) is 0 Å². The Labute approximate surface area is 85.7 Å². The van der Waals surface area contributed by atoms with Crippen molar-refractivity contribution in [1.29, 1.82) is 0 Å². The van der Waals surface area contributed by atoms with E-state index in [1.54, 1.807) is 0 Å². The molecular formula is C9H17NO3S. The molecule has 0 bridgehead atoms. The quantitative estimate of drug-likeness (QED) is 0.675. The Kier molecular flexibility index (Phi) is 5.49. The fourth-order valence-electron chi connectivity index (χ4n) is 0.972. The molecule has 0 aliphatic carbocycles. The molecule has 0 amide bonds. The van der Waals surface area contributed by atoms with E-state index in [1.807, 2.05) is 0 Å². The monoisotopic (exact) mass is 219 g/mol. The van der Waals surface area contributed by atoms with Crippen LogP contribution in [0.15, 0.2) is 23.9 Å². The molecule has 0 aromatic rings. The molecule has 1 N–H and O–H groups in total. The van der Waals surface area contributed by atoms with Crippen molar-refractivity contribution in [3.05, 3.63) is 23.9 Å². The fourth-order valence-corrected chi connectivity index (χ4v) is 0.972. The highest BCUT2D eigenvalue weighted by Gasteiger charge is 1.98. The van der Waals surface area contributed by atoms with Gasteiger partial charge in [-0.25, -0.2) is 0 Å². The third kappa shape index (κ3) is 9.28. The van der Waals surface area contributed by atoms with Crippen molar-refractivity contribution in [2.75, 3.05) is 19.3 Å². The first-order valence-electron chi connectivity index (χ1n) is 4.33. The minimum absolute atomic E-state index is 0.715. The van der Waals surface area contributed by atoms with Gasteiger partial charge in [-0.2, -0.15) is 8.42 Å². The normalized spacial score (nSPS) is 15.7. The molecule has 5 heteroatoms. The molecule has 0 saturated heterocycles. The maximum Gasteiger partial charge on any atom is 0.261 e. The van der Waals surface area contributed by atoms with Crippen molar-refractivity contribution in [1.82, 2.24) is 4.90 Å². The Morgan fingerprint density at radius 1 is 1.57 bits per heavy atom. The molecule has 1 aliphatic rings. The van der Waals surface area contributed by atoms with Crippen LogP contribution >= 0.6 is 0 Å². The van der Waals surface area contributed by atoms with Crippen LogP contribution in [-0.4, -0.2) is 37.2 Å².